The average molecular weight is 327 g/mol. The maximum atomic E-state index is 11.0. The van der Waals surface area contributed by atoms with Crippen LogP contribution in [0.2, 0.25) is 0 Å². The first kappa shape index (κ1) is 14.2. The standard InChI is InChI=1S/C9H14INO4/c1-14-8(12)5-7(11-4-3-10)6-9(13)15-2/h5,11H,3-4,6H2,1-2H3. The van der Waals surface area contributed by atoms with Crippen LogP contribution in [-0.2, 0) is 19.1 Å². The van der Waals surface area contributed by atoms with E-state index in [9.17, 15) is 9.59 Å². The number of halogens is 1. The van der Waals surface area contributed by atoms with Crippen molar-refractivity contribution in [3.8, 4) is 0 Å². The molecule has 0 aromatic rings. The maximum absolute atomic E-state index is 11.0. The van der Waals surface area contributed by atoms with Gasteiger partial charge < -0.3 is 14.8 Å². The molecule has 0 fully saturated rings. The number of hydrogen-bond acceptors (Lipinski definition) is 5. The fourth-order valence-electron chi connectivity index (χ4n) is 0.801. The summed E-state index contributed by atoms with van der Waals surface area (Å²) in [6, 6.07) is 0. The van der Waals surface area contributed by atoms with Gasteiger partial charge in [-0.15, -0.1) is 0 Å². The van der Waals surface area contributed by atoms with Crippen molar-refractivity contribution in [2.75, 3.05) is 25.2 Å². The highest BCUT2D eigenvalue weighted by Crippen LogP contribution is 2.00. The number of ether oxygens (including phenoxy) is 2. The molecule has 0 aliphatic heterocycles. The second-order valence-electron chi connectivity index (χ2n) is 2.56. The Labute approximate surface area is 102 Å². The number of nitrogens with one attached hydrogen (secondary N) is 1. The molecule has 6 heteroatoms. The van der Waals surface area contributed by atoms with Crippen LogP contribution < -0.4 is 5.32 Å². The molecule has 0 saturated heterocycles. The predicted molar refractivity (Wildman–Crippen MR) is 63.6 cm³/mol. The molecular formula is C9H14INO4. The van der Waals surface area contributed by atoms with Crippen LogP contribution in [0.3, 0.4) is 0 Å². The highest BCUT2D eigenvalue weighted by molar-refractivity contribution is 14.1. The molecule has 0 spiro atoms. The summed E-state index contributed by atoms with van der Waals surface area (Å²) in [5.74, 6) is -0.888. The molecule has 86 valence electrons. The lowest BCUT2D eigenvalue weighted by molar-refractivity contribution is -0.139. The topological polar surface area (TPSA) is 64.6 Å². The molecule has 5 nitrogen and oxygen atoms in total. The number of carbonyl (C=O) groups excluding carboxylic acids is 2. The van der Waals surface area contributed by atoms with Crippen LogP contribution >= 0.6 is 22.6 Å². The summed E-state index contributed by atoms with van der Waals surface area (Å²) < 4.78 is 9.84. The molecule has 0 heterocycles. The first-order valence-electron chi connectivity index (χ1n) is 4.29. The third kappa shape index (κ3) is 7.18. The number of hydrogen-bond donors (Lipinski definition) is 1. The number of carbonyl (C=O) groups is 2. The Balaban J connectivity index is 4.35. The first-order valence-corrected chi connectivity index (χ1v) is 5.81. The number of esters is 2. The summed E-state index contributed by atoms with van der Waals surface area (Å²) in [4.78, 5) is 22.0. The van der Waals surface area contributed by atoms with Gasteiger partial charge in [0.2, 0.25) is 0 Å². The van der Waals surface area contributed by atoms with Gasteiger partial charge in [0.25, 0.3) is 0 Å². The fourth-order valence-corrected chi connectivity index (χ4v) is 1.07. The van der Waals surface area contributed by atoms with Crippen LogP contribution in [0.25, 0.3) is 0 Å². The molecule has 0 unspecified atom stereocenters. The second-order valence-corrected chi connectivity index (χ2v) is 3.64. The van der Waals surface area contributed by atoms with Crippen molar-refractivity contribution >= 4 is 34.5 Å². The lowest BCUT2D eigenvalue weighted by Crippen LogP contribution is -2.20. The molecule has 1 N–H and O–H groups in total. The van der Waals surface area contributed by atoms with Gasteiger partial charge in [0.15, 0.2) is 0 Å². The average Bonchev–Trinajstić information content (AvgIpc) is 2.25. The second kappa shape index (κ2) is 8.51. The minimum absolute atomic E-state index is 0.0439. The van der Waals surface area contributed by atoms with E-state index in [1.165, 1.54) is 20.3 Å². The van der Waals surface area contributed by atoms with Gasteiger partial charge in [-0.3, -0.25) is 4.79 Å². The van der Waals surface area contributed by atoms with Crippen molar-refractivity contribution in [1.82, 2.24) is 5.32 Å². The quantitative estimate of drug-likeness (QED) is 0.336. The van der Waals surface area contributed by atoms with Crippen LogP contribution in [0.5, 0.6) is 0 Å². The van der Waals surface area contributed by atoms with Crippen LogP contribution in [0.15, 0.2) is 11.8 Å². The van der Waals surface area contributed by atoms with E-state index < -0.39 is 11.9 Å². The minimum Gasteiger partial charge on any atom is -0.469 e. The van der Waals surface area contributed by atoms with Gasteiger partial charge in [-0.2, -0.15) is 0 Å². The monoisotopic (exact) mass is 327 g/mol. The van der Waals surface area contributed by atoms with E-state index in [0.717, 1.165) is 4.43 Å². The van der Waals surface area contributed by atoms with E-state index in [2.05, 4.69) is 37.4 Å². The van der Waals surface area contributed by atoms with E-state index in [0.29, 0.717) is 12.2 Å². The van der Waals surface area contributed by atoms with Gasteiger partial charge in [-0.1, -0.05) is 22.6 Å². The summed E-state index contributed by atoms with van der Waals surface area (Å²) in [6.07, 6.45) is 1.30. The highest BCUT2D eigenvalue weighted by Gasteiger charge is 2.07. The van der Waals surface area contributed by atoms with Crippen LogP contribution in [0.4, 0.5) is 0 Å². The summed E-state index contributed by atoms with van der Waals surface area (Å²) in [6.45, 7) is 0.681. The number of alkyl halides is 1. The molecule has 0 atom stereocenters. The molecule has 0 aliphatic carbocycles. The van der Waals surface area contributed by atoms with E-state index in [-0.39, 0.29) is 6.42 Å². The van der Waals surface area contributed by atoms with E-state index in [1.54, 1.807) is 0 Å². The number of methoxy groups -OCH3 is 2. The first-order chi connectivity index (χ1) is 7.13. The van der Waals surface area contributed by atoms with Crippen molar-refractivity contribution in [3.05, 3.63) is 11.8 Å². The Morgan fingerprint density at radius 1 is 1.33 bits per heavy atom. The van der Waals surface area contributed by atoms with Crippen molar-refractivity contribution in [2.45, 2.75) is 6.42 Å². The molecule has 0 aromatic carbocycles. The Bertz CT molecular complexity index is 252. The summed E-state index contributed by atoms with van der Waals surface area (Å²) in [5, 5.41) is 2.95. The normalized spacial score (nSPS) is 10.7. The lowest BCUT2D eigenvalue weighted by atomic mass is 10.3. The third-order valence-electron chi connectivity index (χ3n) is 1.50. The van der Waals surface area contributed by atoms with Gasteiger partial charge in [0.05, 0.1) is 20.6 Å². The van der Waals surface area contributed by atoms with Crippen molar-refractivity contribution in [3.63, 3.8) is 0 Å². The minimum atomic E-state index is -0.491. The van der Waals surface area contributed by atoms with Crippen molar-refractivity contribution < 1.29 is 19.1 Å². The highest BCUT2D eigenvalue weighted by atomic mass is 127. The van der Waals surface area contributed by atoms with Crippen LogP contribution in [0.1, 0.15) is 6.42 Å². The summed E-state index contributed by atoms with van der Waals surface area (Å²) in [7, 11) is 2.59. The lowest BCUT2D eigenvalue weighted by Gasteiger charge is -2.08. The molecule has 0 saturated carbocycles. The molecule has 0 rings (SSSR count). The predicted octanol–water partition coefficient (Wildman–Crippen LogP) is 0.631. The maximum Gasteiger partial charge on any atom is 0.332 e. The van der Waals surface area contributed by atoms with Gasteiger partial charge in [-0.25, -0.2) is 4.79 Å². The Kier molecular flexibility index (Phi) is 8.06. The zero-order valence-corrected chi connectivity index (χ0v) is 10.9. The van der Waals surface area contributed by atoms with Crippen molar-refractivity contribution in [1.29, 1.82) is 0 Å². The van der Waals surface area contributed by atoms with Gasteiger partial charge in [0, 0.05) is 22.7 Å². The smallest absolute Gasteiger partial charge is 0.332 e. The Hall–Kier alpha value is -0.790. The summed E-state index contributed by atoms with van der Waals surface area (Å²) >= 11 is 2.18. The molecule has 0 amide bonds. The van der Waals surface area contributed by atoms with Gasteiger partial charge >= 0.3 is 11.9 Å². The molecular weight excluding hydrogens is 313 g/mol. The largest absolute Gasteiger partial charge is 0.469 e. The fraction of sp³-hybridized carbons (Fsp3) is 0.556. The van der Waals surface area contributed by atoms with Crippen molar-refractivity contribution in [2.24, 2.45) is 0 Å². The molecule has 15 heavy (non-hydrogen) atoms. The Morgan fingerprint density at radius 3 is 2.47 bits per heavy atom. The van der Waals surface area contributed by atoms with E-state index in [4.69, 9.17) is 0 Å². The molecule has 0 bridgehead atoms. The molecule has 0 radical (unpaired) electrons. The SMILES string of the molecule is COC(=O)C=C(CC(=O)OC)NCCI. The molecule has 0 aliphatic rings. The van der Waals surface area contributed by atoms with Gasteiger partial charge in [0.1, 0.15) is 0 Å². The number of rotatable bonds is 6. The van der Waals surface area contributed by atoms with E-state index >= 15 is 0 Å². The van der Waals surface area contributed by atoms with E-state index in [1.807, 2.05) is 0 Å². The zero-order valence-electron chi connectivity index (χ0n) is 8.71. The zero-order chi connectivity index (χ0) is 11.7. The Morgan fingerprint density at radius 2 is 2.00 bits per heavy atom. The van der Waals surface area contributed by atoms with Crippen LogP contribution in [0, 0.1) is 0 Å². The van der Waals surface area contributed by atoms with Crippen LogP contribution in [-0.4, -0.2) is 37.1 Å². The summed E-state index contributed by atoms with van der Waals surface area (Å²) in [5.41, 5.74) is 0.505. The van der Waals surface area contributed by atoms with Gasteiger partial charge in [-0.05, 0) is 0 Å². The third-order valence-corrected chi connectivity index (χ3v) is 2.04. The molecule has 0 aromatic heterocycles.